The van der Waals surface area contributed by atoms with Crippen LogP contribution in [-0.2, 0) is 14.3 Å². The number of carbonyl (C=O) groups is 1. The van der Waals surface area contributed by atoms with Gasteiger partial charge in [0.15, 0.2) is 0 Å². The molecule has 3 aliphatic heterocycles. The molecule has 4 rings (SSSR count). The van der Waals surface area contributed by atoms with Gasteiger partial charge in [-0.25, -0.2) is 0 Å². The number of nitrogens with one attached hydrogen (secondary N) is 1. The van der Waals surface area contributed by atoms with Crippen LogP contribution in [0.5, 0.6) is 0 Å². The summed E-state index contributed by atoms with van der Waals surface area (Å²) in [5.74, 6) is 1.49. The Kier molecular flexibility index (Phi) is 6.37. The third kappa shape index (κ3) is 4.19. The highest BCUT2D eigenvalue weighted by molar-refractivity contribution is 5.80. The molecule has 3 heterocycles. The van der Waals surface area contributed by atoms with Gasteiger partial charge in [-0.15, -0.1) is 0 Å². The molecule has 0 spiro atoms. The summed E-state index contributed by atoms with van der Waals surface area (Å²) < 4.78 is 12.1. The topological polar surface area (TPSA) is 76.8 Å². The van der Waals surface area contributed by atoms with Gasteiger partial charge in [0.25, 0.3) is 0 Å². The average molecular weight is 380 g/mol. The van der Waals surface area contributed by atoms with Crippen molar-refractivity contribution in [2.24, 2.45) is 23.5 Å². The minimum absolute atomic E-state index is 0.0135. The minimum Gasteiger partial charge on any atom is -0.378 e. The summed E-state index contributed by atoms with van der Waals surface area (Å²) in [4.78, 5) is 15.1. The van der Waals surface area contributed by atoms with Crippen LogP contribution in [0.15, 0.2) is 0 Å². The van der Waals surface area contributed by atoms with E-state index in [1.54, 1.807) is 0 Å². The summed E-state index contributed by atoms with van der Waals surface area (Å²) in [5, 5.41) is 3.38. The normalized spacial score (nSPS) is 38.7. The first kappa shape index (κ1) is 19.6. The predicted octanol–water partition coefficient (Wildman–Crippen LogP) is 1.52. The van der Waals surface area contributed by atoms with E-state index in [-0.39, 0.29) is 24.1 Å². The zero-order chi connectivity index (χ0) is 18.8. The number of nitrogens with zero attached hydrogens (tertiary/aromatic N) is 1. The summed E-state index contributed by atoms with van der Waals surface area (Å²) in [6, 6.07) is -0.00169. The number of amides is 1. The average Bonchev–Trinajstić information content (AvgIpc) is 3.05. The Balaban J connectivity index is 1.44. The molecule has 0 bridgehead atoms. The number of rotatable bonds is 5. The number of ether oxygens (including phenoxy) is 2. The van der Waals surface area contributed by atoms with E-state index in [4.69, 9.17) is 15.2 Å². The number of piperidine rings is 2. The van der Waals surface area contributed by atoms with Crippen molar-refractivity contribution in [3.8, 4) is 0 Å². The van der Waals surface area contributed by atoms with Gasteiger partial charge in [-0.1, -0.05) is 6.42 Å². The third-order valence-electron chi connectivity index (χ3n) is 7.55. The molecule has 0 aromatic heterocycles. The van der Waals surface area contributed by atoms with Crippen LogP contribution in [0, 0.1) is 17.8 Å². The molecule has 3 N–H and O–H groups in total. The number of likely N-dealkylation sites (tertiary alicyclic amines) is 1. The second-order valence-corrected chi connectivity index (χ2v) is 9.07. The Morgan fingerprint density at radius 2 is 1.93 bits per heavy atom. The number of nitrogens with two attached hydrogens (primary N) is 1. The molecule has 1 aliphatic carbocycles. The molecule has 3 saturated heterocycles. The number of hydrogen-bond donors (Lipinski definition) is 2. The molecule has 4 unspecified atom stereocenters. The maximum atomic E-state index is 13.1. The Bertz CT molecular complexity index is 507. The number of carbonyl (C=O) groups excluding carboxylic acids is 1. The molecule has 4 aliphatic rings. The van der Waals surface area contributed by atoms with Gasteiger partial charge in [0.05, 0.1) is 24.9 Å². The van der Waals surface area contributed by atoms with Gasteiger partial charge < -0.3 is 25.4 Å². The molecule has 1 amide bonds. The lowest BCUT2D eigenvalue weighted by atomic mass is 9.74. The van der Waals surface area contributed by atoms with Crippen molar-refractivity contribution in [3.05, 3.63) is 0 Å². The summed E-state index contributed by atoms with van der Waals surface area (Å²) in [6.07, 6.45) is 8.05. The lowest BCUT2D eigenvalue weighted by Crippen LogP contribution is -2.63. The van der Waals surface area contributed by atoms with E-state index in [2.05, 4.69) is 17.1 Å². The van der Waals surface area contributed by atoms with Crippen LogP contribution >= 0.6 is 0 Å². The lowest BCUT2D eigenvalue weighted by Gasteiger charge is -2.48. The quantitative estimate of drug-likeness (QED) is 0.757. The molecular weight excluding hydrogens is 342 g/mol. The SMILES string of the molecule is C[C@H]1OCCC1C1CCN(C(=O)C2CCC2)C(COC2CCNCC2)C1N. The zero-order valence-corrected chi connectivity index (χ0v) is 16.8. The molecule has 154 valence electrons. The fraction of sp³-hybridized carbons (Fsp3) is 0.952. The third-order valence-corrected chi connectivity index (χ3v) is 7.55. The summed E-state index contributed by atoms with van der Waals surface area (Å²) in [7, 11) is 0. The maximum absolute atomic E-state index is 13.1. The minimum atomic E-state index is -0.0151. The van der Waals surface area contributed by atoms with Gasteiger partial charge in [0.1, 0.15) is 0 Å². The highest BCUT2D eigenvalue weighted by atomic mass is 16.5. The Labute approximate surface area is 163 Å². The van der Waals surface area contributed by atoms with Gasteiger partial charge in [-0.2, -0.15) is 0 Å². The molecule has 6 nitrogen and oxygen atoms in total. The van der Waals surface area contributed by atoms with Crippen molar-refractivity contribution in [1.29, 1.82) is 0 Å². The van der Waals surface area contributed by atoms with Crippen molar-refractivity contribution < 1.29 is 14.3 Å². The first-order valence-electron chi connectivity index (χ1n) is 11.1. The van der Waals surface area contributed by atoms with E-state index in [1.807, 2.05) is 0 Å². The van der Waals surface area contributed by atoms with Crippen LogP contribution in [0.1, 0.15) is 51.9 Å². The van der Waals surface area contributed by atoms with Crippen LogP contribution in [0.3, 0.4) is 0 Å². The lowest BCUT2D eigenvalue weighted by molar-refractivity contribution is -0.147. The van der Waals surface area contributed by atoms with Crippen LogP contribution in [0.2, 0.25) is 0 Å². The van der Waals surface area contributed by atoms with Gasteiger partial charge in [-0.3, -0.25) is 4.79 Å². The Morgan fingerprint density at radius 1 is 1.15 bits per heavy atom. The van der Waals surface area contributed by atoms with Crippen molar-refractivity contribution in [2.45, 2.75) is 76.2 Å². The predicted molar refractivity (Wildman–Crippen MR) is 104 cm³/mol. The van der Waals surface area contributed by atoms with Crippen LogP contribution in [0.4, 0.5) is 0 Å². The fourth-order valence-electron chi connectivity index (χ4n) is 5.51. The van der Waals surface area contributed by atoms with E-state index < -0.39 is 0 Å². The largest absolute Gasteiger partial charge is 0.378 e. The van der Waals surface area contributed by atoms with Crippen LogP contribution in [0.25, 0.3) is 0 Å². The Hall–Kier alpha value is -0.690. The molecule has 1 saturated carbocycles. The second-order valence-electron chi connectivity index (χ2n) is 9.07. The summed E-state index contributed by atoms with van der Waals surface area (Å²) >= 11 is 0. The monoisotopic (exact) mass is 379 g/mol. The molecule has 0 aromatic carbocycles. The summed E-state index contributed by atoms with van der Waals surface area (Å²) in [5.41, 5.74) is 6.83. The standard InChI is InChI=1S/C21H37N3O3/c1-14-17(8-12-26-14)18-7-11-24(21(25)15-3-2-4-15)19(20(18)22)13-27-16-5-9-23-10-6-16/h14-20,23H,2-13,22H2,1H3/t14-,17?,18?,19?,20?/m1/s1. The van der Waals surface area contributed by atoms with E-state index in [9.17, 15) is 4.79 Å². The van der Waals surface area contributed by atoms with Gasteiger partial charge >= 0.3 is 0 Å². The Morgan fingerprint density at radius 3 is 2.56 bits per heavy atom. The smallest absolute Gasteiger partial charge is 0.226 e. The van der Waals surface area contributed by atoms with E-state index >= 15 is 0 Å². The molecule has 4 fully saturated rings. The molecule has 0 aromatic rings. The number of hydrogen-bond acceptors (Lipinski definition) is 5. The zero-order valence-electron chi connectivity index (χ0n) is 16.8. The molecule has 6 heteroatoms. The first-order valence-corrected chi connectivity index (χ1v) is 11.1. The van der Waals surface area contributed by atoms with Gasteiger partial charge in [0, 0.05) is 25.1 Å². The van der Waals surface area contributed by atoms with E-state index in [0.29, 0.717) is 30.5 Å². The van der Waals surface area contributed by atoms with Crippen LogP contribution < -0.4 is 11.1 Å². The van der Waals surface area contributed by atoms with Crippen molar-refractivity contribution in [1.82, 2.24) is 10.2 Å². The van der Waals surface area contributed by atoms with Gasteiger partial charge in [-0.05, 0) is 70.4 Å². The highest BCUT2D eigenvalue weighted by Gasteiger charge is 2.45. The maximum Gasteiger partial charge on any atom is 0.226 e. The molecule has 0 radical (unpaired) electrons. The molecule has 27 heavy (non-hydrogen) atoms. The fourth-order valence-corrected chi connectivity index (χ4v) is 5.51. The van der Waals surface area contributed by atoms with Crippen molar-refractivity contribution >= 4 is 5.91 Å². The first-order chi connectivity index (χ1) is 13.1. The molecular formula is C21H37N3O3. The van der Waals surface area contributed by atoms with Crippen LogP contribution in [-0.4, -0.2) is 67.9 Å². The van der Waals surface area contributed by atoms with Gasteiger partial charge in [0.2, 0.25) is 5.91 Å². The summed E-state index contributed by atoms with van der Waals surface area (Å²) in [6.45, 7) is 6.48. The van der Waals surface area contributed by atoms with Crippen molar-refractivity contribution in [2.75, 3.05) is 32.8 Å². The highest BCUT2D eigenvalue weighted by Crippen LogP contribution is 2.38. The van der Waals surface area contributed by atoms with Crippen molar-refractivity contribution in [3.63, 3.8) is 0 Å². The van der Waals surface area contributed by atoms with E-state index in [0.717, 1.165) is 64.8 Å². The molecule has 5 atom stereocenters. The second kappa shape index (κ2) is 8.76. The van der Waals surface area contributed by atoms with E-state index in [1.165, 1.54) is 6.42 Å².